The zero-order chi connectivity index (χ0) is 22.2. The molecule has 160 valence electrons. The van der Waals surface area contributed by atoms with Crippen molar-refractivity contribution in [2.24, 2.45) is 5.92 Å². The molecule has 0 heterocycles. The molecule has 29 heavy (non-hydrogen) atoms. The highest BCUT2D eigenvalue weighted by Gasteiger charge is 2.23. The van der Waals surface area contributed by atoms with Crippen LogP contribution in [0.2, 0.25) is 0 Å². The topological polar surface area (TPSA) is 122 Å². The number of nitrogens with one attached hydrogen (secondary N) is 1. The van der Waals surface area contributed by atoms with Crippen molar-refractivity contribution in [3.05, 3.63) is 41.0 Å². The zero-order valence-electron chi connectivity index (χ0n) is 17.4. The Labute approximate surface area is 170 Å². The van der Waals surface area contributed by atoms with Crippen LogP contribution in [0.1, 0.15) is 40.2 Å². The third-order valence-electron chi connectivity index (χ3n) is 3.73. The fraction of sp³-hybridized carbons (Fsp3) is 0.476. The van der Waals surface area contributed by atoms with Crippen LogP contribution in [0.4, 0.5) is 4.79 Å². The van der Waals surface area contributed by atoms with Gasteiger partial charge in [0.05, 0.1) is 17.7 Å². The highest BCUT2D eigenvalue weighted by Crippen LogP contribution is 2.21. The molecule has 0 saturated carbocycles. The molecule has 8 heteroatoms. The van der Waals surface area contributed by atoms with Gasteiger partial charge in [-0.05, 0) is 44.4 Å². The fourth-order valence-electron chi connectivity index (χ4n) is 2.55. The van der Waals surface area contributed by atoms with E-state index >= 15 is 0 Å². The molecule has 0 unspecified atom stereocenters. The van der Waals surface area contributed by atoms with Gasteiger partial charge in [-0.2, -0.15) is 0 Å². The monoisotopic (exact) mass is 407 g/mol. The predicted octanol–water partition coefficient (Wildman–Crippen LogP) is 3.25. The van der Waals surface area contributed by atoms with Gasteiger partial charge in [0.15, 0.2) is 0 Å². The van der Waals surface area contributed by atoms with Gasteiger partial charge in [-0.3, -0.25) is 0 Å². The number of aliphatic carboxylic acids is 2. The summed E-state index contributed by atoms with van der Waals surface area (Å²) in [6, 6.07) is 6.69. The van der Waals surface area contributed by atoms with Crippen LogP contribution in [0, 0.1) is 5.92 Å². The van der Waals surface area contributed by atoms with Gasteiger partial charge in [-0.25, -0.2) is 14.4 Å². The lowest BCUT2D eigenvalue weighted by Crippen LogP contribution is -2.34. The van der Waals surface area contributed by atoms with Gasteiger partial charge in [-0.15, -0.1) is 0 Å². The number of benzene rings is 1. The van der Waals surface area contributed by atoms with E-state index in [1.54, 1.807) is 58.9 Å². The van der Waals surface area contributed by atoms with E-state index in [-0.39, 0.29) is 30.7 Å². The van der Waals surface area contributed by atoms with Crippen molar-refractivity contribution in [1.82, 2.24) is 5.32 Å². The Hall–Kier alpha value is -3.03. The minimum absolute atomic E-state index is 0.00434. The molecule has 0 aliphatic carbocycles. The van der Waals surface area contributed by atoms with Gasteiger partial charge < -0.3 is 25.0 Å². The van der Waals surface area contributed by atoms with Gasteiger partial charge in [0, 0.05) is 6.42 Å². The largest absolute Gasteiger partial charge is 0.492 e. The average molecular weight is 407 g/mol. The Bertz CT molecular complexity index is 758. The van der Waals surface area contributed by atoms with Crippen molar-refractivity contribution in [1.29, 1.82) is 0 Å². The summed E-state index contributed by atoms with van der Waals surface area (Å²) in [4.78, 5) is 34.5. The first-order chi connectivity index (χ1) is 13.4. The van der Waals surface area contributed by atoms with Crippen molar-refractivity contribution < 1.29 is 34.1 Å². The first-order valence-corrected chi connectivity index (χ1v) is 9.29. The Morgan fingerprint density at radius 1 is 1.03 bits per heavy atom. The van der Waals surface area contributed by atoms with Crippen molar-refractivity contribution in [3.8, 4) is 5.75 Å². The molecule has 0 saturated heterocycles. The molecule has 1 aromatic carbocycles. The van der Waals surface area contributed by atoms with E-state index in [0.717, 1.165) is 0 Å². The minimum atomic E-state index is -1.25. The Morgan fingerprint density at radius 2 is 1.62 bits per heavy atom. The third-order valence-corrected chi connectivity index (χ3v) is 3.73. The maximum atomic E-state index is 11.5. The number of carbonyl (C=O) groups excluding carboxylic acids is 1. The number of hydrogen-bond acceptors (Lipinski definition) is 5. The number of carboxylic acid groups (broad SMARTS) is 2. The summed E-state index contributed by atoms with van der Waals surface area (Å²) < 4.78 is 10.6. The van der Waals surface area contributed by atoms with E-state index in [9.17, 15) is 24.6 Å². The van der Waals surface area contributed by atoms with Crippen LogP contribution in [0.25, 0.3) is 0 Å². The fourth-order valence-corrected chi connectivity index (χ4v) is 2.55. The molecule has 3 N–H and O–H groups in total. The van der Waals surface area contributed by atoms with Crippen LogP contribution in [0.3, 0.4) is 0 Å². The highest BCUT2D eigenvalue weighted by atomic mass is 16.6. The number of hydrogen-bond donors (Lipinski definition) is 3. The molecule has 0 atom stereocenters. The van der Waals surface area contributed by atoms with Gasteiger partial charge in [0.25, 0.3) is 0 Å². The lowest BCUT2D eigenvalue weighted by Gasteiger charge is -2.19. The molecule has 0 aliphatic rings. The Morgan fingerprint density at radius 3 is 2.07 bits per heavy atom. The smallest absolute Gasteiger partial charge is 0.407 e. The number of alkyl carbamates (subject to hydrolysis) is 1. The van der Waals surface area contributed by atoms with Crippen LogP contribution < -0.4 is 10.1 Å². The van der Waals surface area contributed by atoms with Gasteiger partial charge >= 0.3 is 18.0 Å². The maximum absolute atomic E-state index is 11.5. The molecule has 0 spiro atoms. The van der Waals surface area contributed by atoms with Crippen LogP contribution in [0.5, 0.6) is 5.75 Å². The highest BCUT2D eigenvalue weighted by molar-refractivity contribution is 5.99. The predicted molar refractivity (Wildman–Crippen MR) is 107 cm³/mol. The first kappa shape index (κ1) is 24.0. The summed E-state index contributed by atoms with van der Waals surface area (Å²) in [5.74, 6) is -2.35. The molecule has 0 radical (unpaired) electrons. The molecule has 1 amide bonds. The zero-order valence-corrected chi connectivity index (χ0v) is 17.4. The maximum Gasteiger partial charge on any atom is 0.407 e. The van der Waals surface area contributed by atoms with Crippen LogP contribution >= 0.6 is 0 Å². The lowest BCUT2D eigenvalue weighted by molar-refractivity contribution is -0.136. The summed E-state index contributed by atoms with van der Waals surface area (Å²) in [5, 5.41) is 21.3. The summed E-state index contributed by atoms with van der Waals surface area (Å²) >= 11 is 0. The van der Waals surface area contributed by atoms with Gasteiger partial charge in [0.2, 0.25) is 0 Å². The van der Waals surface area contributed by atoms with Gasteiger partial charge in [0.1, 0.15) is 18.0 Å². The molecule has 1 aromatic rings. The van der Waals surface area contributed by atoms with Crippen molar-refractivity contribution >= 4 is 18.0 Å². The van der Waals surface area contributed by atoms with E-state index < -0.39 is 29.6 Å². The normalized spacial score (nSPS) is 12.2. The minimum Gasteiger partial charge on any atom is -0.492 e. The first-order valence-electron chi connectivity index (χ1n) is 9.29. The molecule has 0 aliphatic heterocycles. The number of carboxylic acids is 2. The molecule has 8 nitrogen and oxygen atoms in total. The molecule has 0 fully saturated rings. The standard InChI is InChI=1S/C21H29NO7/c1-13(2)17(19(25)26)16(18(23)24)12-14-6-8-15(9-7-14)28-11-10-22-20(27)29-21(3,4)5/h6-9,13H,10-12H2,1-5H3,(H,22,27)(H,23,24)(H,25,26)/b17-16-. The van der Waals surface area contributed by atoms with Crippen LogP contribution in [0.15, 0.2) is 35.4 Å². The molecular formula is C21H29NO7. The van der Waals surface area contributed by atoms with E-state index in [4.69, 9.17) is 9.47 Å². The summed E-state index contributed by atoms with van der Waals surface area (Å²) in [7, 11) is 0. The second kappa shape index (κ2) is 10.5. The van der Waals surface area contributed by atoms with Gasteiger partial charge in [-0.1, -0.05) is 26.0 Å². The molecule has 0 aromatic heterocycles. The van der Waals surface area contributed by atoms with E-state index in [2.05, 4.69) is 5.32 Å². The summed E-state index contributed by atoms with van der Waals surface area (Å²) in [6.45, 7) is 9.11. The van der Waals surface area contributed by atoms with Crippen LogP contribution in [-0.2, 0) is 20.7 Å². The van der Waals surface area contributed by atoms with Crippen LogP contribution in [-0.4, -0.2) is 47.0 Å². The Kier molecular flexibility index (Phi) is 8.69. The van der Waals surface area contributed by atoms with Crippen molar-refractivity contribution in [2.45, 2.75) is 46.6 Å². The number of carbonyl (C=O) groups is 3. The van der Waals surface area contributed by atoms with E-state index in [1.807, 2.05) is 0 Å². The third kappa shape index (κ3) is 8.68. The Balaban J connectivity index is 2.67. The quantitative estimate of drug-likeness (QED) is 0.424. The second-order valence-corrected chi connectivity index (χ2v) is 7.76. The summed E-state index contributed by atoms with van der Waals surface area (Å²) in [6.07, 6.45) is -0.529. The number of ether oxygens (including phenoxy) is 2. The summed E-state index contributed by atoms with van der Waals surface area (Å²) in [5.41, 5.74) is -0.157. The van der Waals surface area contributed by atoms with E-state index in [0.29, 0.717) is 11.3 Å². The lowest BCUT2D eigenvalue weighted by atomic mass is 9.93. The van der Waals surface area contributed by atoms with E-state index in [1.165, 1.54) is 0 Å². The molecule has 0 bridgehead atoms. The van der Waals surface area contributed by atoms with Crippen molar-refractivity contribution in [3.63, 3.8) is 0 Å². The second-order valence-electron chi connectivity index (χ2n) is 7.76. The molecule has 1 rings (SSSR count). The number of rotatable bonds is 9. The number of amides is 1. The average Bonchev–Trinajstić information content (AvgIpc) is 2.57. The molecular weight excluding hydrogens is 378 g/mol. The SMILES string of the molecule is CC(C)/C(C(=O)O)=C(\Cc1ccc(OCCNC(=O)OC(C)(C)C)cc1)C(=O)O. The van der Waals surface area contributed by atoms with Crippen molar-refractivity contribution in [2.75, 3.05) is 13.2 Å².